The minimum absolute atomic E-state index is 0.147. The first-order chi connectivity index (χ1) is 12.7. The molecule has 0 atom stereocenters. The quantitative estimate of drug-likeness (QED) is 0.794. The van der Waals surface area contributed by atoms with Crippen LogP contribution in [0, 0.1) is 12.7 Å². The van der Waals surface area contributed by atoms with Crippen molar-refractivity contribution in [2.24, 2.45) is 0 Å². The summed E-state index contributed by atoms with van der Waals surface area (Å²) in [7, 11) is 0. The van der Waals surface area contributed by atoms with E-state index in [9.17, 15) is 4.39 Å². The van der Waals surface area contributed by atoms with Gasteiger partial charge in [0.1, 0.15) is 5.82 Å². The number of hydrogen-bond donors (Lipinski definition) is 0. The van der Waals surface area contributed by atoms with Crippen LogP contribution < -0.4 is 4.90 Å². The highest BCUT2D eigenvalue weighted by Gasteiger charge is 2.27. The summed E-state index contributed by atoms with van der Waals surface area (Å²) in [6.45, 7) is 6.82. The van der Waals surface area contributed by atoms with E-state index in [2.05, 4.69) is 34.9 Å². The third kappa shape index (κ3) is 3.93. The second kappa shape index (κ2) is 7.79. The highest BCUT2D eigenvalue weighted by molar-refractivity contribution is 5.58. The Morgan fingerprint density at radius 1 is 1.00 bits per heavy atom. The second-order valence-electron chi connectivity index (χ2n) is 7.88. The zero-order valence-electron chi connectivity index (χ0n) is 15.8. The van der Waals surface area contributed by atoms with Crippen molar-refractivity contribution in [3.8, 4) is 0 Å². The van der Waals surface area contributed by atoms with Gasteiger partial charge in [0.05, 0.1) is 0 Å². The molecule has 2 aromatic rings. The predicted molar refractivity (Wildman–Crippen MR) is 106 cm³/mol. The van der Waals surface area contributed by atoms with Crippen molar-refractivity contribution in [1.29, 1.82) is 0 Å². The first kappa shape index (κ1) is 17.5. The van der Waals surface area contributed by atoms with Gasteiger partial charge in [-0.15, -0.1) is 0 Å². The van der Waals surface area contributed by atoms with Gasteiger partial charge in [-0.25, -0.2) is 4.39 Å². The molecular formula is C23H29FN2. The van der Waals surface area contributed by atoms with E-state index >= 15 is 0 Å². The fourth-order valence-corrected chi connectivity index (χ4v) is 4.49. The molecule has 0 N–H and O–H groups in total. The summed E-state index contributed by atoms with van der Waals surface area (Å²) >= 11 is 0. The van der Waals surface area contributed by atoms with Crippen LogP contribution in [0.2, 0.25) is 0 Å². The number of likely N-dealkylation sites (tertiary alicyclic amines) is 1. The molecule has 0 aromatic heterocycles. The fourth-order valence-electron chi connectivity index (χ4n) is 4.49. The summed E-state index contributed by atoms with van der Waals surface area (Å²) in [5.74, 6) is -0.147. The molecule has 0 saturated carbocycles. The summed E-state index contributed by atoms with van der Waals surface area (Å²) in [6.07, 6.45) is 6.01. The van der Waals surface area contributed by atoms with Gasteiger partial charge in [0.25, 0.3) is 0 Å². The summed E-state index contributed by atoms with van der Waals surface area (Å²) in [5.41, 5.74) is 5.61. The van der Waals surface area contributed by atoms with Crippen molar-refractivity contribution in [2.45, 2.75) is 45.1 Å². The lowest BCUT2D eigenvalue weighted by Gasteiger charge is -2.42. The fraction of sp³-hybridized carbons (Fsp3) is 0.478. The second-order valence-corrected chi connectivity index (χ2v) is 7.88. The van der Waals surface area contributed by atoms with Crippen molar-refractivity contribution in [2.75, 3.05) is 31.1 Å². The van der Waals surface area contributed by atoms with Crippen LogP contribution in [-0.4, -0.2) is 37.1 Å². The molecule has 138 valence electrons. The largest absolute Gasteiger partial charge is 0.368 e. The van der Waals surface area contributed by atoms with Crippen molar-refractivity contribution in [3.63, 3.8) is 0 Å². The number of nitrogens with zero attached hydrogens (tertiary/aromatic N) is 2. The molecule has 0 aliphatic carbocycles. The Morgan fingerprint density at radius 3 is 2.54 bits per heavy atom. The molecule has 0 unspecified atom stereocenters. The summed E-state index contributed by atoms with van der Waals surface area (Å²) in [5, 5.41) is 0. The summed E-state index contributed by atoms with van der Waals surface area (Å²) in [4.78, 5) is 5.25. The minimum atomic E-state index is -0.147. The molecule has 0 bridgehead atoms. The number of rotatable bonds is 4. The van der Waals surface area contributed by atoms with Crippen molar-refractivity contribution < 1.29 is 4.39 Å². The molecule has 0 radical (unpaired) electrons. The molecule has 2 aliphatic heterocycles. The Bertz CT molecular complexity index is 732. The lowest BCUT2D eigenvalue weighted by atomic mass is 9.95. The average Bonchev–Trinajstić information content (AvgIpc) is 2.67. The van der Waals surface area contributed by atoms with E-state index in [0.717, 1.165) is 13.0 Å². The van der Waals surface area contributed by atoms with Crippen molar-refractivity contribution in [3.05, 3.63) is 65.0 Å². The Labute approximate surface area is 156 Å². The highest BCUT2D eigenvalue weighted by atomic mass is 19.1. The van der Waals surface area contributed by atoms with Gasteiger partial charge in [-0.3, -0.25) is 0 Å². The number of piperidine rings is 1. The number of fused-ring (bicyclic) bond motifs is 1. The van der Waals surface area contributed by atoms with Gasteiger partial charge >= 0.3 is 0 Å². The van der Waals surface area contributed by atoms with E-state index in [0.29, 0.717) is 6.04 Å². The molecule has 4 rings (SSSR count). The van der Waals surface area contributed by atoms with Gasteiger partial charge in [0, 0.05) is 37.9 Å². The maximum Gasteiger partial charge on any atom is 0.123 e. The standard InChI is InChI=1S/C23H29FN2/c1-18-4-7-20-3-2-13-26(23(20)17-18)22-11-15-25(16-12-22)14-10-19-5-8-21(24)9-6-19/h4-9,17,22H,2-3,10-16H2,1H3. The monoisotopic (exact) mass is 352 g/mol. The topological polar surface area (TPSA) is 6.48 Å². The van der Waals surface area contributed by atoms with Gasteiger partial charge in [-0.2, -0.15) is 0 Å². The lowest BCUT2D eigenvalue weighted by molar-refractivity contribution is 0.210. The maximum absolute atomic E-state index is 13.0. The van der Waals surface area contributed by atoms with E-state index in [1.54, 1.807) is 12.1 Å². The predicted octanol–water partition coefficient (Wildman–Crippen LogP) is 4.59. The maximum atomic E-state index is 13.0. The molecule has 1 fully saturated rings. The van der Waals surface area contributed by atoms with Crippen molar-refractivity contribution in [1.82, 2.24) is 4.90 Å². The normalized spacial score (nSPS) is 18.8. The first-order valence-electron chi connectivity index (χ1n) is 10.0. The lowest BCUT2D eigenvalue weighted by Crippen LogP contribution is -2.47. The Kier molecular flexibility index (Phi) is 5.26. The van der Waals surface area contributed by atoms with E-state index in [-0.39, 0.29) is 5.82 Å². The Balaban J connectivity index is 1.33. The van der Waals surface area contributed by atoms with E-state index < -0.39 is 0 Å². The van der Waals surface area contributed by atoms with Crippen LogP contribution in [0.4, 0.5) is 10.1 Å². The van der Waals surface area contributed by atoms with Crippen LogP contribution in [0.5, 0.6) is 0 Å². The number of halogens is 1. The van der Waals surface area contributed by atoms with Crippen LogP contribution >= 0.6 is 0 Å². The van der Waals surface area contributed by atoms with Crippen LogP contribution in [0.1, 0.15) is 36.0 Å². The molecule has 0 spiro atoms. The number of benzene rings is 2. The van der Waals surface area contributed by atoms with Crippen LogP contribution in [0.15, 0.2) is 42.5 Å². The minimum Gasteiger partial charge on any atom is -0.368 e. The molecule has 2 aliphatic rings. The molecule has 26 heavy (non-hydrogen) atoms. The SMILES string of the molecule is Cc1ccc2c(c1)N(C1CCN(CCc3ccc(F)cc3)CC1)CCC2. The summed E-state index contributed by atoms with van der Waals surface area (Å²) < 4.78 is 13.0. The smallest absolute Gasteiger partial charge is 0.123 e. The Morgan fingerprint density at radius 2 is 1.77 bits per heavy atom. The number of anilines is 1. The first-order valence-corrected chi connectivity index (χ1v) is 10.0. The van der Waals surface area contributed by atoms with Gasteiger partial charge < -0.3 is 9.80 Å². The van der Waals surface area contributed by atoms with E-state index in [1.807, 2.05) is 12.1 Å². The zero-order chi connectivity index (χ0) is 17.9. The van der Waals surface area contributed by atoms with Gasteiger partial charge in [0.15, 0.2) is 0 Å². The van der Waals surface area contributed by atoms with Crippen LogP contribution in [0.3, 0.4) is 0 Å². The molecule has 0 amide bonds. The highest BCUT2D eigenvalue weighted by Crippen LogP contribution is 2.32. The van der Waals surface area contributed by atoms with Crippen LogP contribution in [-0.2, 0) is 12.8 Å². The van der Waals surface area contributed by atoms with Gasteiger partial charge in [-0.1, -0.05) is 24.3 Å². The molecule has 2 aromatic carbocycles. The van der Waals surface area contributed by atoms with Gasteiger partial charge in [0.2, 0.25) is 0 Å². The van der Waals surface area contributed by atoms with Crippen LogP contribution in [0.25, 0.3) is 0 Å². The number of hydrogen-bond acceptors (Lipinski definition) is 2. The third-order valence-electron chi connectivity index (χ3n) is 6.02. The molecule has 2 nitrogen and oxygen atoms in total. The zero-order valence-corrected chi connectivity index (χ0v) is 15.8. The van der Waals surface area contributed by atoms with Crippen molar-refractivity contribution >= 4 is 5.69 Å². The Hall–Kier alpha value is -1.87. The molecule has 1 saturated heterocycles. The molecular weight excluding hydrogens is 323 g/mol. The number of aryl methyl sites for hydroxylation is 2. The van der Waals surface area contributed by atoms with Gasteiger partial charge in [-0.05, 0) is 73.9 Å². The molecule has 2 heterocycles. The average molecular weight is 352 g/mol. The van der Waals surface area contributed by atoms with E-state index in [1.165, 1.54) is 67.7 Å². The third-order valence-corrected chi connectivity index (χ3v) is 6.02. The van der Waals surface area contributed by atoms with E-state index in [4.69, 9.17) is 0 Å². The summed E-state index contributed by atoms with van der Waals surface area (Å²) in [6, 6.07) is 14.6. The molecule has 3 heteroatoms.